The van der Waals surface area contributed by atoms with Gasteiger partial charge in [-0.25, -0.2) is 0 Å². The van der Waals surface area contributed by atoms with Crippen LogP contribution in [0.3, 0.4) is 0 Å². The monoisotopic (exact) mass is 184 g/mol. The van der Waals surface area contributed by atoms with E-state index in [1.807, 2.05) is 0 Å². The van der Waals surface area contributed by atoms with Crippen LogP contribution in [0.25, 0.3) is 0 Å². The SMILES string of the molecule is NC(=O)c1ccccc1O.O=NO. The number of hydrogen-bond donors (Lipinski definition) is 3. The summed E-state index contributed by atoms with van der Waals surface area (Å²) in [6.45, 7) is 0. The number of para-hydroxylation sites is 1. The van der Waals surface area contributed by atoms with E-state index < -0.39 is 5.91 Å². The fraction of sp³-hybridized carbons (Fsp3) is 0. The summed E-state index contributed by atoms with van der Waals surface area (Å²) in [6.07, 6.45) is 0. The maximum absolute atomic E-state index is 10.5. The van der Waals surface area contributed by atoms with Crippen molar-refractivity contribution >= 4 is 5.91 Å². The number of aromatic hydroxyl groups is 1. The molecule has 13 heavy (non-hydrogen) atoms. The highest BCUT2D eigenvalue weighted by molar-refractivity contribution is 5.95. The number of phenols is 1. The molecule has 1 aromatic rings. The molecule has 1 rings (SSSR count). The van der Waals surface area contributed by atoms with E-state index in [4.69, 9.17) is 21.0 Å². The van der Waals surface area contributed by atoms with Crippen LogP contribution in [0.15, 0.2) is 29.6 Å². The smallest absolute Gasteiger partial charge is 0.252 e. The lowest BCUT2D eigenvalue weighted by atomic mass is 10.2. The van der Waals surface area contributed by atoms with Crippen molar-refractivity contribution in [2.45, 2.75) is 0 Å². The summed E-state index contributed by atoms with van der Waals surface area (Å²) in [4.78, 5) is 18.6. The van der Waals surface area contributed by atoms with Gasteiger partial charge in [0, 0.05) is 0 Å². The van der Waals surface area contributed by atoms with E-state index in [0.29, 0.717) is 0 Å². The van der Waals surface area contributed by atoms with E-state index in [1.54, 1.807) is 12.1 Å². The number of rotatable bonds is 1. The molecule has 0 aliphatic heterocycles. The first-order valence-electron chi connectivity index (χ1n) is 3.18. The van der Waals surface area contributed by atoms with Crippen LogP contribution in [0.1, 0.15) is 10.4 Å². The predicted octanol–water partition coefficient (Wildman–Crippen LogP) is 0.633. The van der Waals surface area contributed by atoms with Gasteiger partial charge in [0.1, 0.15) is 5.75 Å². The molecule has 70 valence electrons. The van der Waals surface area contributed by atoms with Crippen molar-refractivity contribution in [2.24, 2.45) is 11.1 Å². The summed E-state index contributed by atoms with van der Waals surface area (Å²) in [5.74, 6) is -0.687. The third kappa shape index (κ3) is 3.71. The van der Waals surface area contributed by atoms with Crippen molar-refractivity contribution in [3.8, 4) is 5.75 Å². The molecule has 4 N–H and O–H groups in total. The van der Waals surface area contributed by atoms with Crippen molar-refractivity contribution < 1.29 is 15.1 Å². The predicted molar refractivity (Wildman–Crippen MR) is 44.2 cm³/mol. The van der Waals surface area contributed by atoms with Gasteiger partial charge in [0.05, 0.1) is 5.56 Å². The van der Waals surface area contributed by atoms with Crippen LogP contribution < -0.4 is 5.73 Å². The Morgan fingerprint density at radius 1 is 1.38 bits per heavy atom. The van der Waals surface area contributed by atoms with Gasteiger partial charge < -0.3 is 16.0 Å². The number of benzene rings is 1. The molecule has 1 aromatic carbocycles. The Morgan fingerprint density at radius 2 is 1.85 bits per heavy atom. The Hall–Kier alpha value is -2.11. The first kappa shape index (κ1) is 10.9. The number of amides is 1. The number of nitrogens with two attached hydrogens (primary N) is 1. The Labute approximate surface area is 73.5 Å². The molecular weight excluding hydrogens is 176 g/mol. The third-order valence-electron chi connectivity index (χ3n) is 1.17. The summed E-state index contributed by atoms with van der Waals surface area (Å²) in [5.41, 5.74) is 5.07. The lowest BCUT2D eigenvalue weighted by Gasteiger charge is -1.96. The molecule has 6 heteroatoms. The maximum atomic E-state index is 10.5. The van der Waals surface area contributed by atoms with Gasteiger partial charge in [-0.05, 0) is 12.1 Å². The molecule has 0 aliphatic carbocycles. The summed E-state index contributed by atoms with van der Waals surface area (Å²) < 4.78 is 0. The van der Waals surface area contributed by atoms with E-state index in [1.165, 1.54) is 17.5 Å². The second kappa shape index (κ2) is 5.53. The first-order valence-corrected chi connectivity index (χ1v) is 3.18. The van der Waals surface area contributed by atoms with E-state index in [-0.39, 0.29) is 11.3 Å². The fourth-order valence-electron chi connectivity index (χ4n) is 0.682. The van der Waals surface area contributed by atoms with Crippen molar-refractivity contribution in [2.75, 3.05) is 0 Å². The molecule has 0 saturated carbocycles. The van der Waals surface area contributed by atoms with E-state index >= 15 is 0 Å². The van der Waals surface area contributed by atoms with Gasteiger partial charge >= 0.3 is 0 Å². The Morgan fingerprint density at radius 3 is 2.15 bits per heavy atom. The Kier molecular flexibility index (Phi) is 4.63. The van der Waals surface area contributed by atoms with Gasteiger partial charge in [0.25, 0.3) is 5.91 Å². The van der Waals surface area contributed by atoms with Crippen LogP contribution in [0.2, 0.25) is 0 Å². The molecule has 6 nitrogen and oxygen atoms in total. The Bertz CT molecular complexity index is 300. The molecule has 1 amide bonds. The standard InChI is InChI=1S/C7H7NO2.HNO2/c8-7(10)5-3-1-2-4-6(5)9;2-1-3/h1-4,9H,(H2,8,10);(H,2,3). The number of primary amides is 1. The van der Waals surface area contributed by atoms with Crippen LogP contribution in [-0.2, 0) is 0 Å². The summed E-state index contributed by atoms with van der Waals surface area (Å²) in [7, 11) is 0. The zero-order chi connectivity index (χ0) is 10.3. The highest BCUT2D eigenvalue weighted by atomic mass is 16.6. The number of hydrogen-bond acceptors (Lipinski definition) is 4. The topological polar surface area (TPSA) is 113 Å². The minimum absolute atomic E-state index is 0.0741. The minimum atomic E-state index is -0.613. The van der Waals surface area contributed by atoms with Crippen molar-refractivity contribution in [1.29, 1.82) is 0 Å². The second-order valence-electron chi connectivity index (χ2n) is 1.96. The summed E-state index contributed by atoms with van der Waals surface area (Å²) in [6, 6.07) is 6.15. The van der Waals surface area contributed by atoms with E-state index in [0.717, 1.165) is 0 Å². The lowest BCUT2D eigenvalue weighted by Crippen LogP contribution is -2.10. The van der Waals surface area contributed by atoms with Crippen molar-refractivity contribution in [3.63, 3.8) is 0 Å². The first-order chi connectivity index (χ1) is 6.13. The summed E-state index contributed by atoms with van der Waals surface area (Å²) in [5, 5.41) is 16.9. The summed E-state index contributed by atoms with van der Waals surface area (Å²) >= 11 is 0. The van der Waals surface area contributed by atoms with Gasteiger partial charge in [-0.15, -0.1) is 4.91 Å². The lowest BCUT2D eigenvalue weighted by molar-refractivity contribution is 0.0998. The van der Waals surface area contributed by atoms with Gasteiger partial charge in [-0.3, -0.25) is 4.79 Å². The zero-order valence-electron chi connectivity index (χ0n) is 6.54. The molecule has 0 saturated heterocycles. The van der Waals surface area contributed by atoms with Gasteiger partial charge in [-0.1, -0.05) is 12.1 Å². The normalized spacial score (nSPS) is 8.00. The van der Waals surface area contributed by atoms with Crippen molar-refractivity contribution in [3.05, 3.63) is 34.7 Å². The molecule has 0 radical (unpaired) electrons. The molecule has 0 atom stereocenters. The highest BCUT2D eigenvalue weighted by Gasteiger charge is 2.03. The van der Waals surface area contributed by atoms with Crippen LogP contribution in [0.4, 0.5) is 0 Å². The van der Waals surface area contributed by atoms with Crippen LogP contribution >= 0.6 is 0 Å². The molecular formula is C7H8N2O4. The number of carbonyl (C=O) groups is 1. The molecule has 0 aromatic heterocycles. The Balaban J connectivity index is 0.000000424. The molecule has 0 fully saturated rings. The molecule has 0 bridgehead atoms. The van der Waals surface area contributed by atoms with Crippen molar-refractivity contribution in [1.82, 2.24) is 0 Å². The van der Waals surface area contributed by atoms with Gasteiger partial charge in [-0.2, -0.15) is 0 Å². The third-order valence-corrected chi connectivity index (χ3v) is 1.17. The highest BCUT2D eigenvalue weighted by Crippen LogP contribution is 2.13. The number of carbonyl (C=O) groups excluding carboxylic acids is 1. The van der Waals surface area contributed by atoms with Gasteiger partial charge in [0.15, 0.2) is 5.34 Å². The molecule has 0 spiro atoms. The number of nitrogens with zero attached hydrogens (tertiary/aromatic N) is 1. The van der Waals surface area contributed by atoms with Gasteiger partial charge in [0.2, 0.25) is 0 Å². The van der Waals surface area contributed by atoms with Crippen LogP contribution in [0, 0.1) is 4.91 Å². The zero-order valence-corrected chi connectivity index (χ0v) is 6.54. The van der Waals surface area contributed by atoms with Crippen LogP contribution in [0.5, 0.6) is 5.75 Å². The average Bonchev–Trinajstić information content (AvgIpc) is 2.06. The maximum Gasteiger partial charge on any atom is 0.252 e. The largest absolute Gasteiger partial charge is 0.507 e. The van der Waals surface area contributed by atoms with E-state index in [9.17, 15) is 4.79 Å². The molecule has 0 unspecified atom stereocenters. The van der Waals surface area contributed by atoms with Crippen LogP contribution in [-0.4, -0.2) is 16.2 Å². The molecule has 0 heterocycles. The second-order valence-corrected chi connectivity index (χ2v) is 1.96. The minimum Gasteiger partial charge on any atom is -0.507 e. The fourth-order valence-corrected chi connectivity index (χ4v) is 0.682. The molecule has 0 aliphatic rings. The quantitative estimate of drug-likeness (QED) is 0.438. The van der Waals surface area contributed by atoms with E-state index in [2.05, 4.69) is 0 Å². The average molecular weight is 184 g/mol.